The molecule has 1 amide bonds. The number of benzene rings is 1. The lowest BCUT2D eigenvalue weighted by atomic mass is 10.0. The van der Waals surface area contributed by atoms with Crippen molar-refractivity contribution in [3.63, 3.8) is 0 Å². The number of hydrogen-bond donors (Lipinski definition) is 2. The third kappa shape index (κ3) is 6.70. The first-order valence-electron chi connectivity index (χ1n) is 6.94. The summed E-state index contributed by atoms with van der Waals surface area (Å²) in [5.74, 6) is -1.96. The Morgan fingerprint density at radius 1 is 1.33 bits per heavy atom. The molecule has 0 aromatic heterocycles. The molecule has 0 spiro atoms. The van der Waals surface area contributed by atoms with Gasteiger partial charge in [0.1, 0.15) is 5.82 Å². The predicted octanol–water partition coefficient (Wildman–Crippen LogP) is 2.85. The van der Waals surface area contributed by atoms with E-state index >= 15 is 0 Å². The molecule has 21 heavy (non-hydrogen) atoms. The van der Waals surface area contributed by atoms with Crippen molar-refractivity contribution in [3.05, 3.63) is 41.7 Å². The van der Waals surface area contributed by atoms with Gasteiger partial charge in [0.15, 0.2) is 0 Å². The molecule has 1 unspecified atom stereocenters. The van der Waals surface area contributed by atoms with Gasteiger partial charge in [-0.15, -0.1) is 0 Å². The Kier molecular flexibility index (Phi) is 7.15. The van der Waals surface area contributed by atoms with Crippen molar-refractivity contribution in [2.45, 2.75) is 26.2 Å². The highest BCUT2D eigenvalue weighted by molar-refractivity contribution is 5.79. The van der Waals surface area contributed by atoms with Gasteiger partial charge in [-0.25, -0.2) is 4.39 Å². The van der Waals surface area contributed by atoms with E-state index in [2.05, 4.69) is 5.32 Å². The summed E-state index contributed by atoms with van der Waals surface area (Å²) in [7, 11) is 0. The van der Waals surface area contributed by atoms with E-state index in [4.69, 9.17) is 5.11 Å². The number of carbonyl (C=O) groups is 2. The highest BCUT2D eigenvalue weighted by atomic mass is 19.1. The van der Waals surface area contributed by atoms with Crippen LogP contribution in [-0.4, -0.2) is 23.5 Å². The maximum absolute atomic E-state index is 12.7. The number of carboxylic acids is 1. The number of nitrogens with one attached hydrogen (secondary N) is 1. The molecule has 1 aromatic rings. The highest BCUT2D eigenvalue weighted by Gasteiger charge is 2.16. The van der Waals surface area contributed by atoms with Gasteiger partial charge in [0.05, 0.1) is 5.92 Å². The first-order valence-corrected chi connectivity index (χ1v) is 6.94. The molecular formula is C16H20FNO3. The van der Waals surface area contributed by atoms with Crippen LogP contribution in [0.15, 0.2) is 30.3 Å². The molecule has 0 fully saturated rings. The van der Waals surface area contributed by atoms with Crippen molar-refractivity contribution in [2.24, 2.45) is 5.92 Å². The van der Waals surface area contributed by atoms with Crippen LogP contribution < -0.4 is 5.32 Å². The summed E-state index contributed by atoms with van der Waals surface area (Å²) in [5.41, 5.74) is 0.804. The lowest BCUT2D eigenvalue weighted by Crippen LogP contribution is -2.32. The normalized spacial score (nSPS) is 12.3. The fraction of sp³-hybridized carbons (Fsp3) is 0.375. The van der Waals surface area contributed by atoms with E-state index in [1.54, 1.807) is 24.3 Å². The van der Waals surface area contributed by atoms with E-state index in [0.29, 0.717) is 6.42 Å². The van der Waals surface area contributed by atoms with Gasteiger partial charge in [-0.3, -0.25) is 9.59 Å². The molecular weight excluding hydrogens is 273 g/mol. The first-order chi connectivity index (χ1) is 10.0. The maximum Gasteiger partial charge on any atom is 0.308 e. The van der Waals surface area contributed by atoms with E-state index in [-0.39, 0.29) is 24.7 Å². The molecule has 4 nitrogen and oxygen atoms in total. The molecule has 1 aromatic carbocycles. The fourth-order valence-corrected chi connectivity index (χ4v) is 1.85. The summed E-state index contributed by atoms with van der Waals surface area (Å²) in [6.07, 6.45) is 4.85. The SMILES string of the molecule is CCCC(CNC(=O)C/C=C/c1ccc(F)cc1)C(=O)O. The molecule has 2 N–H and O–H groups in total. The molecule has 0 saturated carbocycles. The number of carbonyl (C=O) groups excluding carboxylic acids is 1. The summed E-state index contributed by atoms with van der Waals surface area (Å²) in [6.45, 7) is 2.05. The number of amides is 1. The molecule has 114 valence electrons. The van der Waals surface area contributed by atoms with Gasteiger partial charge in [-0.05, 0) is 24.1 Å². The van der Waals surface area contributed by atoms with Crippen LogP contribution in [0.25, 0.3) is 6.08 Å². The molecule has 0 bridgehead atoms. The zero-order chi connectivity index (χ0) is 15.7. The minimum atomic E-state index is -0.890. The van der Waals surface area contributed by atoms with Gasteiger partial charge < -0.3 is 10.4 Å². The summed E-state index contributed by atoms with van der Waals surface area (Å²) >= 11 is 0. The molecule has 5 heteroatoms. The van der Waals surface area contributed by atoms with Crippen LogP contribution in [-0.2, 0) is 9.59 Å². The van der Waals surface area contributed by atoms with Crippen LogP contribution in [0, 0.1) is 11.7 Å². The van der Waals surface area contributed by atoms with Gasteiger partial charge >= 0.3 is 5.97 Å². The summed E-state index contributed by atoms with van der Waals surface area (Å²) in [4.78, 5) is 22.5. The van der Waals surface area contributed by atoms with Gasteiger partial charge in [0.25, 0.3) is 0 Å². The van der Waals surface area contributed by atoms with Gasteiger partial charge in [-0.1, -0.05) is 37.6 Å². The van der Waals surface area contributed by atoms with Crippen molar-refractivity contribution < 1.29 is 19.1 Å². The second-order valence-electron chi connectivity index (χ2n) is 4.79. The van der Waals surface area contributed by atoms with Crippen molar-refractivity contribution in [1.82, 2.24) is 5.32 Å². The van der Waals surface area contributed by atoms with Crippen LogP contribution >= 0.6 is 0 Å². The monoisotopic (exact) mass is 293 g/mol. The molecule has 0 heterocycles. The Balaban J connectivity index is 2.36. The van der Waals surface area contributed by atoms with E-state index < -0.39 is 11.9 Å². The largest absolute Gasteiger partial charge is 0.481 e. The highest BCUT2D eigenvalue weighted by Crippen LogP contribution is 2.06. The number of halogens is 1. The van der Waals surface area contributed by atoms with Crippen LogP contribution in [0.2, 0.25) is 0 Å². The number of hydrogen-bond acceptors (Lipinski definition) is 2. The summed E-state index contributed by atoms with van der Waals surface area (Å²) in [6, 6.07) is 5.93. The smallest absolute Gasteiger partial charge is 0.308 e. The molecule has 0 aliphatic rings. The fourth-order valence-electron chi connectivity index (χ4n) is 1.85. The minimum absolute atomic E-state index is 0.145. The van der Waals surface area contributed by atoms with Gasteiger partial charge in [-0.2, -0.15) is 0 Å². The van der Waals surface area contributed by atoms with E-state index in [0.717, 1.165) is 12.0 Å². The Morgan fingerprint density at radius 3 is 2.57 bits per heavy atom. The topological polar surface area (TPSA) is 66.4 Å². The summed E-state index contributed by atoms with van der Waals surface area (Å²) < 4.78 is 12.7. The lowest BCUT2D eigenvalue weighted by Gasteiger charge is -2.11. The zero-order valence-corrected chi connectivity index (χ0v) is 12.0. The van der Waals surface area contributed by atoms with Gasteiger partial charge in [0.2, 0.25) is 5.91 Å². The third-order valence-electron chi connectivity index (χ3n) is 3.02. The quantitative estimate of drug-likeness (QED) is 0.774. The minimum Gasteiger partial charge on any atom is -0.481 e. The number of aliphatic carboxylic acids is 1. The van der Waals surface area contributed by atoms with Crippen LogP contribution in [0.3, 0.4) is 0 Å². The predicted molar refractivity (Wildman–Crippen MR) is 79.1 cm³/mol. The van der Waals surface area contributed by atoms with Crippen molar-refractivity contribution >= 4 is 18.0 Å². The number of rotatable bonds is 8. The third-order valence-corrected chi connectivity index (χ3v) is 3.02. The molecule has 0 radical (unpaired) electrons. The van der Waals surface area contributed by atoms with E-state index in [1.807, 2.05) is 6.92 Å². The van der Waals surface area contributed by atoms with Crippen LogP contribution in [0.5, 0.6) is 0 Å². The van der Waals surface area contributed by atoms with Crippen molar-refractivity contribution in [3.8, 4) is 0 Å². The molecule has 1 atom stereocenters. The van der Waals surface area contributed by atoms with Gasteiger partial charge in [0, 0.05) is 13.0 Å². The average Bonchev–Trinajstić information content (AvgIpc) is 2.45. The van der Waals surface area contributed by atoms with E-state index in [9.17, 15) is 14.0 Å². The lowest BCUT2D eigenvalue weighted by molar-refractivity contribution is -0.141. The average molecular weight is 293 g/mol. The van der Waals surface area contributed by atoms with Crippen LogP contribution in [0.4, 0.5) is 4.39 Å². The molecule has 1 rings (SSSR count). The van der Waals surface area contributed by atoms with Crippen molar-refractivity contribution in [1.29, 1.82) is 0 Å². The van der Waals surface area contributed by atoms with E-state index in [1.165, 1.54) is 12.1 Å². The Hall–Kier alpha value is -2.17. The standard InChI is InChI=1S/C16H20FNO3/c1-2-4-13(16(20)21)11-18-15(19)6-3-5-12-7-9-14(17)10-8-12/h3,5,7-10,13H,2,4,6,11H2,1H3,(H,18,19)(H,20,21)/b5-3+. The molecule has 0 saturated heterocycles. The Labute approximate surface area is 123 Å². The maximum atomic E-state index is 12.7. The molecule has 0 aliphatic carbocycles. The second-order valence-corrected chi connectivity index (χ2v) is 4.79. The second kappa shape index (κ2) is 8.89. The number of carboxylic acid groups (broad SMARTS) is 1. The van der Waals surface area contributed by atoms with Crippen molar-refractivity contribution in [2.75, 3.05) is 6.54 Å². The Bertz CT molecular complexity index is 497. The first kappa shape index (κ1) is 16.9. The molecule has 0 aliphatic heterocycles. The zero-order valence-electron chi connectivity index (χ0n) is 12.0. The Morgan fingerprint density at radius 2 is 2.00 bits per heavy atom. The van der Waals surface area contributed by atoms with Crippen LogP contribution in [0.1, 0.15) is 31.7 Å². The summed E-state index contributed by atoms with van der Waals surface area (Å²) in [5, 5.41) is 11.6.